The van der Waals surface area contributed by atoms with Gasteiger partial charge in [-0.1, -0.05) is 29.8 Å². The maximum Gasteiger partial charge on any atom is 0.309 e. The fraction of sp³-hybridized carbons (Fsp3) is 0.0714. The first-order valence-electron chi connectivity index (χ1n) is 5.94. The Morgan fingerprint density at radius 3 is 2.86 bits per heavy atom. The maximum absolute atomic E-state index is 11.7. The van der Waals surface area contributed by atoms with Crippen LogP contribution >= 0.6 is 22.9 Å². The molecule has 108 valence electrons. The van der Waals surface area contributed by atoms with Crippen molar-refractivity contribution in [3.05, 3.63) is 52.0 Å². The molecule has 1 amide bonds. The fourth-order valence-corrected chi connectivity index (χ4v) is 2.44. The van der Waals surface area contributed by atoms with Gasteiger partial charge in [-0.25, -0.2) is 4.98 Å². The SMILES string of the molecule is O=C(O)Cc1csc(NC(=O)/C=C/c2ccccc2Cl)n1. The quantitative estimate of drug-likeness (QED) is 0.829. The first-order valence-corrected chi connectivity index (χ1v) is 7.20. The van der Waals surface area contributed by atoms with Gasteiger partial charge in [0.15, 0.2) is 5.13 Å². The molecule has 0 atom stereocenters. The summed E-state index contributed by atoms with van der Waals surface area (Å²) in [5, 5.41) is 13.7. The number of hydrogen-bond donors (Lipinski definition) is 2. The minimum Gasteiger partial charge on any atom is -0.481 e. The van der Waals surface area contributed by atoms with Crippen molar-refractivity contribution in [1.82, 2.24) is 4.98 Å². The van der Waals surface area contributed by atoms with Crippen molar-refractivity contribution in [3.8, 4) is 0 Å². The zero-order valence-electron chi connectivity index (χ0n) is 10.7. The highest BCUT2D eigenvalue weighted by atomic mass is 35.5. The van der Waals surface area contributed by atoms with Gasteiger partial charge in [-0.3, -0.25) is 14.9 Å². The standard InChI is InChI=1S/C14H11ClN2O3S/c15-11-4-2-1-3-9(11)5-6-12(18)17-14-16-10(8-21-14)7-13(19)20/h1-6,8H,7H2,(H,19,20)(H,16,17,18)/b6-5+. The Bertz CT molecular complexity index is 697. The predicted octanol–water partition coefficient (Wildman–Crippen LogP) is 3.08. The molecule has 21 heavy (non-hydrogen) atoms. The normalized spacial score (nSPS) is 10.7. The number of carboxylic acids is 1. The number of rotatable bonds is 5. The van der Waals surface area contributed by atoms with Crippen LogP contribution in [0.15, 0.2) is 35.7 Å². The lowest BCUT2D eigenvalue weighted by Gasteiger charge is -1.98. The molecule has 0 aliphatic rings. The van der Waals surface area contributed by atoms with Crippen LogP contribution in [0, 0.1) is 0 Å². The molecule has 0 spiro atoms. The second kappa shape index (κ2) is 7.01. The molecule has 5 nitrogen and oxygen atoms in total. The molecule has 2 rings (SSSR count). The van der Waals surface area contributed by atoms with Crippen LogP contribution in [0.2, 0.25) is 5.02 Å². The highest BCUT2D eigenvalue weighted by Crippen LogP contribution is 2.18. The van der Waals surface area contributed by atoms with E-state index in [4.69, 9.17) is 16.7 Å². The van der Waals surface area contributed by atoms with E-state index in [1.165, 1.54) is 17.4 Å². The molecule has 1 aromatic carbocycles. The Morgan fingerprint density at radius 2 is 2.14 bits per heavy atom. The summed E-state index contributed by atoms with van der Waals surface area (Å²) in [6, 6.07) is 7.15. The summed E-state index contributed by atoms with van der Waals surface area (Å²) in [4.78, 5) is 26.3. The van der Waals surface area contributed by atoms with E-state index in [1.807, 2.05) is 6.07 Å². The zero-order chi connectivity index (χ0) is 15.2. The van der Waals surface area contributed by atoms with Gasteiger partial charge in [-0.2, -0.15) is 0 Å². The number of carbonyl (C=O) groups is 2. The number of carbonyl (C=O) groups excluding carboxylic acids is 1. The second-order valence-electron chi connectivity index (χ2n) is 4.06. The summed E-state index contributed by atoms with van der Waals surface area (Å²) in [7, 11) is 0. The van der Waals surface area contributed by atoms with Gasteiger partial charge < -0.3 is 5.11 Å². The smallest absolute Gasteiger partial charge is 0.309 e. The molecule has 7 heteroatoms. The van der Waals surface area contributed by atoms with Gasteiger partial charge in [-0.15, -0.1) is 11.3 Å². The monoisotopic (exact) mass is 322 g/mol. The van der Waals surface area contributed by atoms with Crippen LogP contribution in [-0.4, -0.2) is 22.0 Å². The highest BCUT2D eigenvalue weighted by molar-refractivity contribution is 7.14. The molecule has 1 heterocycles. The molecule has 2 N–H and O–H groups in total. The number of aromatic nitrogens is 1. The molecule has 2 aromatic rings. The number of halogens is 1. The number of amides is 1. The molecule has 0 bridgehead atoms. The van der Waals surface area contributed by atoms with Crippen LogP contribution in [0.1, 0.15) is 11.3 Å². The lowest BCUT2D eigenvalue weighted by molar-refractivity contribution is -0.136. The van der Waals surface area contributed by atoms with Crippen molar-refractivity contribution in [1.29, 1.82) is 0 Å². The van der Waals surface area contributed by atoms with Crippen molar-refractivity contribution in [2.75, 3.05) is 5.32 Å². The molecule has 0 radical (unpaired) electrons. The molecule has 0 aliphatic carbocycles. The van der Waals surface area contributed by atoms with Crippen LogP contribution in [-0.2, 0) is 16.0 Å². The van der Waals surface area contributed by atoms with Crippen molar-refractivity contribution < 1.29 is 14.7 Å². The van der Waals surface area contributed by atoms with Gasteiger partial charge in [0.1, 0.15) is 0 Å². The topological polar surface area (TPSA) is 79.3 Å². The molecule has 0 unspecified atom stereocenters. The lowest BCUT2D eigenvalue weighted by atomic mass is 10.2. The van der Waals surface area contributed by atoms with Gasteiger partial charge in [0.05, 0.1) is 12.1 Å². The third-order valence-electron chi connectivity index (χ3n) is 2.43. The van der Waals surface area contributed by atoms with E-state index in [0.717, 1.165) is 5.56 Å². The molecule has 0 saturated heterocycles. The van der Waals surface area contributed by atoms with Crippen LogP contribution in [0.4, 0.5) is 5.13 Å². The molecule has 0 aliphatic heterocycles. The van der Waals surface area contributed by atoms with Crippen LogP contribution < -0.4 is 5.32 Å². The van der Waals surface area contributed by atoms with E-state index >= 15 is 0 Å². The summed E-state index contributed by atoms with van der Waals surface area (Å²) < 4.78 is 0. The first-order chi connectivity index (χ1) is 10.0. The van der Waals surface area contributed by atoms with Crippen LogP contribution in [0.5, 0.6) is 0 Å². The Labute approximate surface area is 129 Å². The molecular weight excluding hydrogens is 312 g/mol. The highest BCUT2D eigenvalue weighted by Gasteiger charge is 2.07. The van der Waals surface area contributed by atoms with E-state index in [1.54, 1.807) is 29.7 Å². The molecule has 1 aromatic heterocycles. The average molecular weight is 323 g/mol. The summed E-state index contributed by atoms with van der Waals surface area (Å²) in [6.45, 7) is 0. The Kier molecular flexibility index (Phi) is 5.08. The predicted molar refractivity (Wildman–Crippen MR) is 82.6 cm³/mol. The van der Waals surface area contributed by atoms with Gasteiger partial charge in [-0.05, 0) is 17.7 Å². The number of hydrogen-bond acceptors (Lipinski definition) is 4. The minimum atomic E-state index is -0.961. The second-order valence-corrected chi connectivity index (χ2v) is 5.32. The van der Waals surface area contributed by atoms with Gasteiger partial charge in [0, 0.05) is 16.5 Å². The fourth-order valence-electron chi connectivity index (χ4n) is 1.52. The number of anilines is 1. The molecule has 0 saturated carbocycles. The lowest BCUT2D eigenvalue weighted by Crippen LogP contribution is -2.08. The van der Waals surface area contributed by atoms with Crippen LogP contribution in [0.25, 0.3) is 6.08 Å². The Balaban J connectivity index is 1.97. The summed E-state index contributed by atoms with van der Waals surface area (Å²) in [5.74, 6) is -1.32. The van der Waals surface area contributed by atoms with E-state index in [9.17, 15) is 9.59 Å². The number of aliphatic carboxylic acids is 1. The summed E-state index contributed by atoms with van der Waals surface area (Å²) in [5.41, 5.74) is 1.15. The number of benzene rings is 1. The third kappa shape index (κ3) is 4.70. The maximum atomic E-state index is 11.7. The van der Waals surface area contributed by atoms with Crippen molar-refractivity contribution in [3.63, 3.8) is 0 Å². The molecular formula is C14H11ClN2O3S. The van der Waals surface area contributed by atoms with Crippen LogP contribution in [0.3, 0.4) is 0 Å². The number of nitrogens with one attached hydrogen (secondary N) is 1. The number of thiazole rings is 1. The van der Waals surface area contributed by atoms with Gasteiger partial charge in [0.25, 0.3) is 0 Å². The van der Waals surface area contributed by atoms with Crippen molar-refractivity contribution >= 4 is 46.0 Å². The molecule has 0 fully saturated rings. The Morgan fingerprint density at radius 1 is 1.38 bits per heavy atom. The van der Waals surface area contributed by atoms with E-state index in [2.05, 4.69) is 10.3 Å². The summed E-state index contributed by atoms with van der Waals surface area (Å²) >= 11 is 7.15. The number of nitrogens with zero attached hydrogens (tertiary/aromatic N) is 1. The largest absolute Gasteiger partial charge is 0.481 e. The Hall–Kier alpha value is -2.18. The van der Waals surface area contributed by atoms with E-state index < -0.39 is 5.97 Å². The van der Waals surface area contributed by atoms with Crippen molar-refractivity contribution in [2.45, 2.75) is 6.42 Å². The third-order valence-corrected chi connectivity index (χ3v) is 3.58. The summed E-state index contributed by atoms with van der Waals surface area (Å²) in [6.07, 6.45) is 2.78. The van der Waals surface area contributed by atoms with E-state index in [0.29, 0.717) is 15.8 Å². The van der Waals surface area contributed by atoms with Gasteiger partial charge >= 0.3 is 5.97 Å². The minimum absolute atomic E-state index is 0.165. The van der Waals surface area contributed by atoms with Crippen molar-refractivity contribution in [2.24, 2.45) is 0 Å². The zero-order valence-corrected chi connectivity index (χ0v) is 12.3. The first kappa shape index (κ1) is 15.2. The van der Waals surface area contributed by atoms with E-state index in [-0.39, 0.29) is 12.3 Å². The van der Waals surface area contributed by atoms with Gasteiger partial charge in [0.2, 0.25) is 5.91 Å². The average Bonchev–Trinajstić information content (AvgIpc) is 2.84. The number of carboxylic acid groups (broad SMARTS) is 1.